The van der Waals surface area contributed by atoms with Crippen LogP contribution in [0.25, 0.3) is 0 Å². The van der Waals surface area contributed by atoms with E-state index in [4.69, 9.17) is 4.74 Å². The molecule has 0 aliphatic heterocycles. The molecule has 0 saturated carbocycles. The summed E-state index contributed by atoms with van der Waals surface area (Å²) < 4.78 is 18.3. The van der Waals surface area contributed by atoms with Gasteiger partial charge in [0, 0.05) is 11.9 Å². The molecule has 0 atom stereocenters. The minimum atomic E-state index is -0.333. The Labute approximate surface area is 144 Å². The maximum absolute atomic E-state index is 13.0. The molecule has 2 N–H and O–H groups in total. The van der Waals surface area contributed by atoms with Crippen molar-refractivity contribution in [2.45, 2.75) is 0 Å². The highest BCUT2D eigenvalue weighted by molar-refractivity contribution is 6.08. The lowest BCUT2D eigenvalue weighted by molar-refractivity contribution is 0.102. The molecule has 6 heteroatoms. The Bertz CT molecular complexity index is 882. The van der Waals surface area contributed by atoms with Crippen LogP contribution in [0.1, 0.15) is 10.4 Å². The molecule has 0 aliphatic carbocycles. The highest BCUT2D eigenvalue weighted by Gasteiger charge is 2.14. The molecular formula is C19H16FN3O2. The van der Waals surface area contributed by atoms with E-state index in [0.29, 0.717) is 28.5 Å². The number of carbonyl (C=O) groups excluding carboxylic acids is 1. The summed E-state index contributed by atoms with van der Waals surface area (Å²) in [6.45, 7) is 0. The van der Waals surface area contributed by atoms with E-state index < -0.39 is 0 Å². The van der Waals surface area contributed by atoms with Gasteiger partial charge in [0.1, 0.15) is 17.4 Å². The SMILES string of the molecule is COc1ccccc1NC(=O)c1cccnc1Nc1ccc(F)cc1. The van der Waals surface area contributed by atoms with Gasteiger partial charge in [-0.15, -0.1) is 0 Å². The Kier molecular flexibility index (Phi) is 4.89. The Morgan fingerprint density at radius 3 is 2.56 bits per heavy atom. The molecule has 0 radical (unpaired) electrons. The van der Waals surface area contributed by atoms with Crippen molar-refractivity contribution in [1.82, 2.24) is 4.98 Å². The van der Waals surface area contributed by atoms with Crippen molar-refractivity contribution in [2.24, 2.45) is 0 Å². The van der Waals surface area contributed by atoms with Crippen LogP contribution in [0.5, 0.6) is 5.75 Å². The van der Waals surface area contributed by atoms with E-state index in [1.165, 1.54) is 19.2 Å². The van der Waals surface area contributed by atoms with E-state index >= 15 is 0 Å². The molecule has 3 rings (SSSR count). The van der Waals surface area contributed by atoms with E-state index in [9.17, 15) is 9.18 Å². The number of amides is 1. The van der Waals surface area contributed by atoms with Crippen molar-refractivity contribution >= 4 is 23.1 Å². The molecule has 5 nitrogen and oxygen atoms in total. The maximum atomic E-state index is 13.0. The first kappa shape index (κ1) is 16.4. The van der Waals surface area contributed by atoms with Crippen LogP contribution in [-0.4, -0.2) is 18.0 Å². The van der Waals surface area contributed by atoms with Gasteiger partial charge in [-0.2, -0.15) is 0 Å². The smallest absolute Gasteiger partial charge is 0.259 e. The van der Waals surface area contributed by atoms with E-state index in [0.717, 1.165) is 0 Å². The second-order valence-electron chi connectivity index (χ2n) is 5.19. The van der Waals surface area contributed by atoms with Crippen LogP contribution in [0.4, 0.5) is 21.6 Å². The Balaban J connectivity index is 1.84. The number of aromatic nitrogens is 1. The number of pyridine rings is 1. The Hall–Kier alpha value is -3.41. The number of ether oxygens (including phenoxy) is 1. The Morgan fingerprint density at radius 1 is 1.04 bits per heavy atom. The van der Waals surface area contributed by atoms with Gasteiger partial charge in [-0.3, -0.25) is 4.79 Å². The normalized spacial score (nSPS) is 10.2. The lowest BCUT2D eigenvalue weighted by atomic mass is 10.2. The van der Waals surface area contributed by atoms with Crippen LogP contribution in [0.2, 0.25) is 0 Å². The standard InChI is InChI=1S/C19H16FN3O2/c1-25-17-7-3-2-6-16(17)23-19(24)15-5-4-12-21-18(15)22-14-10-8-13(20)9-11-14/h2-12H,1H3,(H,21,22)(H,23,24). The third kappa shape index (κ3) is 3.92. The first-order chi connectivity index (χ1) is 12.2. The summed E-state index contributed by atoms with van der Waals surface area (Å²) in [6, 6.07) is 16.3. The summed E-state index contributed by atoms with van der Waals surface area (Å²) in [5.74, 6) is 0.275. The monoisotopic (exact) mass is 337 g/mol. The van der Waals surface area contributed by atoms with Crippen LogP contribution < -0.4 is 15.4 Å². The third-order valence-corrected chi connectivity index (χ3v) is 3.51. The fourth-order valence-corrected chi connectivity index (χ4v) is 2.30. The maximum Gasteiger partial charge on any atom is 0.259 e. The predicted octanol–water partition coefficient (Wildman–Crippen LogP) is 4.23. The fraction of sp³-hybridized carbons (Fsp3) is 0.0526. The number of anilines is 3. The molecule has 0 spiro atoms. The second-order valence-corrected chi connectivity index (χ2v) is 5.19. The molecule has 0 unspecified atom stereocenters. The highest BCUT2D eigenvalue weighted by atomic mass is 19.1. The number of methoxy groups -OCH3 is 1. The summed E-state index contributed by atoms with van der Waals surface area (Å²) in [6.07, 6.45) is 1.58. The van der Waals surface area contributed by atoms with Gasteiger partial charge >= 0.3 is 0 Å². The van der Waals surface area contributed by atoms with Crippen LogP contribution in [0.3, 0.4) is 0 Å². The van der Waals surface area contributed by atoms with E-state index in [-0.39, 0.29) is 11.7 Å². The Morgan fingerprint density at radius 2 is 1.80 bits per heavy atom. The molecule has 0 saturated heterocycles. The summed E-state index contributed by atoms with van der Waals surface area (Å²) >= 11 is 0. The third-order valence-electron chi connectivity index (χ3n) is 3.51. The number of rotatable bonds is 5. The van der Waals surface area contributed by atoms with Crippen molar-refractivity contribution in [3.8, 4) is 5.75 Å². The van der Waals surface area contributed by atoms with Crippen molar-refractivity contribution < 1.29 is 13.9 Å². The van der Waals surface area contributed by atoms with Crippen molar-refractivity contribution in [3.63, 3.8) is 0 Å². The minimum absolute atomic E-state index is 0.331. The summed E-state index contributed by atoms with van der Waals surface area (Å²) in [5.41, 5.74) is 1.55. The zero-order chi connectivity index (χ0) is 17.6. The highest BCUT2D eigenvalue weighted by Crippen LogP contribution is 2.25. The lowest BCUT2D eigenvalue weighted by Gasteiger charge is -2.13. The quantitative estimate of drug-likeness (QED) is 0.731. The molecule has 25 heavy (non-hydrogen) atoms. The molecule has 1 aromatic heterocycles. The summed E-state index contributed by atoms with van der Waals surface area (Å²) in [5, 5.41) is 5.83. The molecule has 2 aromatic carbocycles. The number of hydrogen-bond donors (Lipinski definition) is 2. The van der Waals surface area contributed by atoms with Crippen LogP contribution in [-0.2, 0) is 0 Å². The summed E-state index contributed by atoms with van der Waals surface area (Å²) in [4.78, 5) is 16.8. The van der Waals surface area contributed by atoms with Crippen molar-refractivity contribution in [1.29, 1.82) is 0 Å². The zero-order valence-corrected chi connectivity index (χ0v) is 13.5. The number of nitrogens with zero attached hydrogens (tertiary/aromatic N) is 1. The number of para-hydroxylation sites is 2. The molecule has 0 fully saturated rings. The fourth-order valence-electron chi connectivity index (χ4n) is 2.30. The average molecular weight is 337 g/mol. The van der Waals surface area contributed by atoms with Crippen molar-refractivity contribution in [2.75, 3.05) is 17.7 Å². The first-order valence-corrected chi connectivity index (χ1v) is 7.59. The average Bonchev–Trinajstić information content (AvgIpc) is 2.64. The van der Waals surface area contributed by atoms with Gasteiger partial charge in [0.15, 0.2) is 0 Å². The molecule has 3 aromatic rings. The van der Waals surface area contributed by atoms with Gasteiger partial charge in [-0.25, -0.2) is 9.37 Å². The van der Waals surface area contributed by atoms with Crippen molar-refractivity contribution in [3.05, 3.63) is 78.2 Å². The lowest BCUT2D eigenvalue weighted by Crippen LogP contribution is -2.15. The van der Waals surface area contributed by atoms with E-state index in [2.05, 4.69) is 15.6 Å². The topological polar surface area (TPSA) is 63.2 Å². The number of benzene rings is 2. The predicted molar refractivity (Wildman–Crippen MR) is 94.9 cm³/mol. The minimum Gasteiger partial charge on any atom is -0.495 e. The number of nitrogens with one attached hydrogen (secondary N) is 2. The van der Waals surface area contributed by atoms with Crippen LogP contribution in [0, 0.1) is 5.82 Å². The largest absolute Gasteiger partial charge is 0.495 e. The molecule has 0 bridgehead atoms. The first-order valence-electron chi connectivity index (χ1n) is 7.59. The number of carbonyl (C=O) groups is 1. The second kappa shape index (κ2) is 7.44. The van der Waals surface area contributed by atoms with Gasteiger partial charge in [0.05, 0.1) is 18.4 Å². The molecule has 126 valence electrons. The molecule has 1 heterocycles. The molecular weight excluding hydrogens is 321 g/mol. The van der Waals surface area contributed by atoms with Gasteiger partial charge in [-0.05, 0) is 48.5 Å². The molecule has 0 aliphatic rings. The van der Waals surface area contributed by atoms with Gasteiger partial charge < -0.3 is 15.4 Å². The number of halogens is 1. The van der Waals surface area contributed by atoms with Crippen LogP contribution >= 0.6 is 0 Å². The van der Waals surface area contributed by atoms with Crippen LogP contribution in [0.15, 0.2) is 66.9 Å². The van der Waals surface area contributed by atoms with E-state index in [1.54, 1.807) is 48.7 Å². The van der Waals surface area contributed by atoms with Gasteiger partial charge in [-0.1, -0.05) is 12.1 Å². The van der Waals surface area contributed by atoms with Gasteiger partial charge in [0.25, 0.3) is 5.91 Å². The van der Waals surface area contributed by atoms with Gasteiger partial charge in [0.2, 0.25) is 0 Å². The summed E-state index contributed by atoms with van der Waals surface area (Å²) in [7, 11) is 1.54. The number of hydrogen-bond acceptors (Lipinski definition) is 4. The van der Waals surface area contributed by atoms with E-state index in [1.807, 2.05) is 6.07 Å². The molecule has 1 amide bonds. The zero-order valence-electron chi connectivity index (χ0n) is 13.5.